The van der Waals surface area contributed by atoms with Gasteiger partial charge in [-0.25, -0.2) is 0 Å². The summed E-state index contributed by atoms with van der Waals surface area (Å²) in [6.45, 7) is 4.46. The third-order valence-electron chi connectivity index (χ3n) is 4.32. The Hall–Kier alpha value is -1.75. The van der Waals surface area contributed by atoms with Gasteiger partial charge in [-0.05, 0) is 49.2 Å². The average molecular weight is 373 g/mol. The number of hydrogen-bond donors (Lipinski definition) is 0. The number of benzene rings is 2. The fourth-order valence-corrected chi connectivity index (χ4v) is 3.88. The van der Waals surface area contributed by atoms with Crippen molar-refractivity contribution < 1.29 is 4.79 Å². The molecule has 0 aliphatic carbocycles. The molecule has 0 saturated carbocycles. The van der Waals surface area contributed by atoms with E-state index in [0.717, 1.165) is 29.5 Å². The molecule has 1 aliphatic heterocycles. The van der Waals surface area contributed by atoms with Crippen LogP contribution in [0.15, 0.2) is 65.2 Å². The molecule has 0 atom stereocenters. The number of nitrogens with zero attached hydrogens (tertiary/aromatic N) is 2. The molecule has 2 aromatic carbocycles. The predicted molar refractivity (Wildman–Crippen MR) is 107 cm³/mol. The fourth-order valence-electron chi connectivity index (χ4n) is 2.96. The summed E-state index contributed by atoms with van der Waals surface area (Å²) in [5.41, 5.74) is 2.62. The number of ketones is 1. The highest BCUT2D eigenvalue weighted by molar-refractivity contribution is 8.02. The number of thioether (sulfide) groups is 1. The maximum Gasteiger partial charge on any atom is 0.192 e. The molecular formula is C20H21ClN2OS. The van der Waals surface area contributed by atoms with Crippen molar-refractivity contribution in [2.24, 2.45) is 0 Å². The van der Waals surface area contributed by atoms with Gasteiger partial charge in [0.2, 0.25) is 0 Å². The number of carbonyl (C=O) groups excluding carboxylic acids is 1. The molecule has 130 valence electrons. The summed E-state index contributed by atoms with van der Waals surface area (Å²) in [5, 5.41) is 1.66. The normalized spacial score (nSPS) is 15.6. The third kappa shape index (κ3) is 3.92. The molecule has 25 heavy (non-hydrogen) atoms. The Morgan fingerprint density at radius 3 is 2.40 bits per heavy atom. The molecule has 1 aliphatic rings. The molecule has 0 radical (unpaired) electrons. The van der Waals surface area contributed by atoms with Crippen molar-refractivity contribution in [2.75, 3.05) is 30.9 Å². The van der Waals surface area contributed by atoms with E-state index in [4.69, 9.17) is 11.6 Å². The first-order valence-electron chi connectivity index (χ1n) is 8.26. The molecular weight excluding hydrogens is 352 g/mol. The quantitative estimate of drug-likeness (QED) is 0.696. The maximum absolute atomic E-state index is 13.2. The first-order valence-corrected chi connectivity index (χ1v) is 9.86. The summed E-state index contributed by atoms with van der Waals surface area (Å²) >= 11 is 7.59. The van der Waals surface area contributed by atoms with Crippen LogP contribution >= 0.6 is 23.4 Å². The van der Waals surface area contributed by atoms with Crippen molar-refractivity contribution in [3.63, 3.8) is 0 Å². The van der Waals surface area contributed by atoms with E-state index in [2.05, 4.69) is 28.9 Å². The molecule has 3 nitrogen and oxygen atoms in total. The SMILES string of the molecule is CCN1CC(C(=O)c2ccc(Cl)cc2)=C(SC)N(c2ccccc2)C1. The van der Waals surface area contributed by atoms with Gasteiger partial charge < -0.3 is 4.90 Å². The minimum atomic E-state index is 0.0695. The summed E-state index contributed by atoms with van der Waals surface area (Å²) in [6.07, 6.45) is 2.03. The van der Waals surface area contributed by atoms with Crippen LogP contribution in [-0.4, -0.2) is 36.7 Å². The van der Waals surface area contributed by atoms with E-state index in [0.29, 0.717) is 17.1 Å². The van der Waals surface area contributed by atoms with E-state index in [9.17, 15) is 4.79 Å². The van der Waals surface area contributed by atoms with Crippen LogP contribution in [-0.2, 0) is 0 Å². The summed E-state index contributed by atoms with van der Waals surface area (Å²) in [6, 6.07) is 17.4. The van der Waals surface area contributed by atoms with Crippen LogP contribution in [0.5, 0.6) is 0 Å². The molecule has 1 heterocycles. The number of carbonyl (C=O) groups is 1. The number of para-hydroxylation sites is 1. The molecule has 5 heteroatoms. The first kappa shape index (κ1) is 18.1. The minimum Gasteiger partial charge on any atom is -0.322 e. The minimum absolute atomic E-state index is 0.0695. The van der Waals surface area contributed by atoms with Gasteiger partial charge in [0.15, 0.2) is 5.78 Å². The summed E-state index contributed by atoms with van der Waals surface area (Å²) in [7, 11) is 0. The zero-order valence-electron chi connectivity index (χ0n) is 14.4. The van der Waals surface area contributed by atoms with Gasteiger partial charge in [0.05, 0.1) is 11.7 Å². The Morgan fingerprint density at radius 2 is 1.80 bits per heavy atom. The molecule has 0 aromatic heterocycles. The van der Waals surface area contributed by atoms with Crippen molar-refractivity contribution in [1.82, 2.24) is 4.90 Å². The van der Waals surface area contributed by atoms with Crippen molar-refractivity contribution in [1.29, 1.82) is 0 Å². The Labute approximate surface area is 158 Å². The maximum atomic E-state index is 13.2. The largest absolute Gasteiger partial charge is 0.322 e. The number of likely N-dealkylation sites (N-methyl/N-ethyl adjacent to an activating group) is 1. The Morgan fingerprint density at radius 1 is 1.12 bits per heavy atom. The molecule has 3 rings (SSSR count). The zero-order chi connectivity index (χ0) is 17.8. The average Bonchev–Trinajstić information content (AvgIpc) is 2.67. The van der Waals surface area contributed by atoms with E-state index >= 15 is 0 Å². The van der Waals surface area contributed by atoms with Gasteiger partial charge in [-0.15, -0.1) is 11.8 Å². The van der Waals surface area contributed by atoms with E-state index in [1.807, 2.05) is 24.5 Å². The van der Waals surface area contributed by atoms with Crippen LogP contribution in [0.2, 0.25) is 5.02 Å². The molecule has 0 N–H and O–H groups in total. The molecule has 0 amide bonds. The van der Waals surface area contributed by atoms with E-state index < -0.39 is 0 Å². The Bertz CT molecular complexity index is 774. The van der Waals surface area contributed by atoms with Crippen LogP contribution in [0.3, 0.4) is 0 Å². The van der Waals surface area contributed by atoms with E-state index in [1.165, 1.54) is 0 Å². The van der Waals surface area contributed by atoms with Gasteiger partial charge in [0, 0.05) is 28.4 Å². The van der Waals surface area contributed by atoms with Gasteiger partial charge in [-0.1, -0.05) is 36.7 Å². The van der Waals surface area contributed by atoms with Crippen molar-refractivity contribution >= 4 is 34.8 Å². The molecule has 2 aromatic rings. The Kier molecular flexibility index (Phi) is 5.84. The highest BCUT2D eigenvalue weighted by Crippen LogP contribution is 2.33. The number of halogens is 1. The second-order valence-electron chi connectivity index (χ2n) is 5.87. The van der Waals surface area contributed by atoms with Crippen LogP contribution in [0, 0.1) is 0 Å². The first-order chi connectivity index (χ1) is 12.1. The standard InChI is InChI=1S/C20H21ClN2OS/c1-3-22-13-18(19(24)15-9-11-16(21)12-10-15)20(25-2)23(14-22)17-7-5-4-6-8-17/h4-12H,3,13-14H2,1-2H3. The van der Waals surface area contributed by atoms with E-state index in [-0.39, 0.29) is 5.78 Å². The van der Waals surface area contributed by atoms with Crippen LogP contribution in [0.1, 0.15) is 17.3 Å². The third-order valence-corrected chi connectivity index (χ3v) is 5.42. The smallest absolute Gasteiger partial charge is 0.192 e. The van der Waals surface area contributed by atoms with Crippen LogP contribution < -0.4 is 4.90 Å². The number of anilines is 1. The highest BCUT2D eigenvalue weighted by Gasteiger charge is 2.29. The molecule has 0 saturated heterocycles. The molecule has 0 fully saturated rings. The molecule has 0 spiro atoms. The highest BCUT2D eigenvalue weighted by atomic mass is 35.5. The van der Waals surface area contributed by atoms with Gasteiger partial charge >= 0.3 is 0 Å². The van der Waals surface area contributed by atoms with Crippen molar-refractivity contribution in [3.05, 3.63) is 75.8 Å². The van der Waals surface area contributed by atoms with E-state index in [1.54, 1.807) is 36.0 Å². The summed E-state index contributed by atoms with van der Waals surface area (Å²) < 4.78 is 0. The van der Waals surface area contributed by atoms with Gasteiger partial charge in [-0.2, -0.15) is 0 Å². The van der Waals surface area contributed by atoms with Crippen molar-refractivity contribution in [2.45, 2.75) is 6.92 Å². The summed E-state index contributed by atoms with van der Waals surface area (Å²) in [5.74, 6) is 0.0695. The van der Waals surface area contributed by atoms with Gasteiger partial charge in [0.1, 0.15) is 0 Å². The Balaban J connectivity index is 2.04. The zero-order valence-corrected chi connectivity index (χ0v) is 16.0. The fraction of sp³-hybridized carbons (Fsp3) is 0.250. The summed E-state index contributed by atoms with van der Waals surface area (Å²) in [4.78, 5) is 17.6. The van der Waals surface area contributed by atoms with Crippen molar-refractivity contribution in [3.8, 4) is 0 Å². The second-order valence-corrected chi connectivity index (χ2v) is 7.11. The molecule has 0 unspecified atom stereocenters. The number of Topliss-reactive ketones (excluding diaryl/α,β-unsaturated/α-hetero) is 1. The second kappa shape index (κ2) is 8.09. The van der Waals surface area contributed by atoms with Crippen LogP contribution in [0.4, 0.5) is 5.69 Å². The number of rotatable bonds is 5. The number of hydrogen-bond acceptors (Lipinski definition) is 4. The van der Waals surface area contributed by atoms with Gasteiger partial charge in [0.25, 0.3) is 0 Å². The molecule has 0 bridgehead atoms. The van der Waals surface area contributed by atoms with Gasteiger partial charge in [-0.3, -0.25) is 9.69 Å². The van der Waals surface area contributed by atoms with Crippen LogP contribution in [0.25, 0.3) is 0 Å². The predicted octanol–water partition coefficient (Wildman–Crippen LogP) is 4.90. The monoisotopic (exact) mass is 372 g/mol. The lowest BCUT2D eigenvalue weighted by Gasteiger charge is -2.38. The lowest BCUT2D eigenvalue weighted by molar-refractivity contribution is 0.102. The topological polar surface area (TPSA) is 23.6 Å². The lowest BCUT2D eigenvalue weighted by atomic mass is 10.0. The lowest BCUT2D eigenvalue weighted by Crippen LogP contribution is -2.44.